The van der Waals surface area contributed by atoms with Crippen molar-refractivity contribution in [1.29, 1.82) is 0 Å². The molecule has 0 aliphatic carbocycles. The van der Waals surface area contributed by atoms with Gasteiger partial charge in [-0.1, -0.05) is 48.5 Å². The summed E-state index contributed by atoms with van der Waals surface area (Å²) in [6.07, 6.45) is 2.57. The summed E-state index contributed by atoms with van der Waals surface area (Å²) in [5.41, 5.74) is 8.07. The van der Waals surface area contributed by atoms with Gasteiger partial charge in [0.25, 0.3) is 0 Å². The van der Waals surface area contributed by atoms with Gasteiger partial charge in [-0.2, -0.15) is 0 Å². The van der Waals surface area contributed by atoms with Crippen molar-refractivity contribution in [1.82, 2.24) is 10.3 Å². The van der Waals surface area contributed by atoms with Crippen LogP contribution in [-0.2, 0) is 16.0 Å². The number of benzene rings is 2. The molecule has 1 heterocycles. The van der Waals surface area contributed by atoms with Crippen LogP contribution in [0.2, 0.25) is 0 Å². The van der Waals surface area contributed by atoms with E-state index in [0.29, 0.717) is 12.0 Å². The summed E-state index contributed by atoms with van der Waals surface area (Å²) >= 11 is 0. The third kappa shape index (κ3) is 4.01. The van der Waals surface area contributed by atoms with Gasteiger partial charge in [0.2, 0.25) is 11.8 Å². The Hall–Kier alpha value is -3.21. The Bertz CT molecular complexity index is 888. The molecule has 2 aromatic carbocycles. The molecule has 1 atom stereocenters. The lowest BCUT2D eigenvalue weighted by molar-refractivity contribution is -0.127. The van der Waals surface area contributed by atoms with Crippen molar-refractivity contribution in [3.63, 3.8) is 0 Å². The second kappa shape index (κ2) is 7.57. The molecule has 25 heavy (non-hydrogen) atoms. The van der Waals surface area contributed by atoms with Crippen LogP contribution in [0.3, 0.4) is 0 Å². The van der Waals surface area contributed by atoms with Crippen LogP contribution in [0.5, 0.6) is 0 Å². The number of carbonyl (C=O) groups excluding carboxylic acids is 2. The van der Waals surface area contributed by atoms with Gasteiger partial charge in [0, 0.05) is 18.0 Å². The lowest BCUT2D eigenvalue weighted by Gasteiger charge is -2.16. The van der Waals surface area contributed by atoms with Gasteiger partial charge in [0.15, 0.2) is 0 Å². The second-order valence-corrected chi connectivity index (χ2v) is 5.80. The van der Waals surface area contributed by atoms with E-state index in [9.17, 15) is 9.59 Å². The van der Waals surface area contributed by atoms with Crippen molar-refractivity contribution in [2.75, 3.05) is 0 Å². The first-order valence-corrected chi connectivity index (χ1v) is 8.11. The number of nitrogens with zero attached hydrogens (tertiary/aromatic N) is 1. The van der Waals surface area contributed by atoms with E-state index in [1.807, 2.05) is 36.4 Å². The van der Waals surface area contributed by atoms with E-state index in [1.165, 1.54) is 0 Å². The molecule has 3 N–H and O–H groups in total. The molecule has 5 nitrogen and oxygen atoms in total. The zero-order valence-corrected chi connectivity index (χ0v) is 13.7. The average Bonchev–Trinajstić information content (AvgIpc) is 2.65. The fourth-order valence-corrected chi connectivity index (χ4v) is 2.82. The SMILES string of the molecule is NC(=O)C(NC(=O)CCc1ccnc2ccccc12)c1ccccc1. The zero-order chi connectivity index (χ0) is 17.6. The molecule has 0 saturated heterocycles. The number of hydrogen-bond acceptors (Lipinski definition) is 3. The van der Waals surface area contributed by atoms with Crippen molar-refractivity contribution in [3.8, 4) is 0 Å². The number of fused-ring (bicyclic) bond motifs is 1. The molecule has 0 aliphatic heterocycles. The Kier molecular flexibility index (Phi) is 5.04. The summed E-state index contributed by atoms with van der Waals surface area (Å²) in [7, 11) is 0. The topological polar surface area (TPSA) is 85.1 Å². The quantitative estimate of drug-likeness (QED) is 0.727. The van der Waals surface area contributed by atoms with Gasteiger partial charge in [0.1, 0.15) is 6.04 Å². The van der Waals surface area contributed by atoms with Gasteiger partial charge in [-0.25, -0.2) is 0 Å². The van der Waals surface area contributed by atoms with Crippen molar-refractivity contribution in [2.24, 2.45) is 5.73 Å². The largest absolute Gasteiger partial charge is 0.368 e. The number of hydrogen-bond donors (Lipinski definition) is 2. The third-order valence-electron chi connectivity index (χ3n) is 4.08. The van der Waals surface area contributed by atoms with Crippen molar-refractivity contribution in [3.05, 3.63) is 78.0 Å². The molecule has 0 aliphatic rings. The molecule has 0 fully saturated rings. The molecular formula is C20H19N3O2. The van der Waals surface area contributed by atoms with E-state index in [1.54, 1.807) is 30.5 Å². The molecule has 0 bridgehead atoms. The average molecular weight is 333 g/mol. The lowest BCUT2D eigenvalue weighted by atomic mass is 10.0. The Morgan fingerprint density at radius 3 is 2.48 bits per heavy atom. The molecular weight excluding hydrogens is 314 g/mol. The number of para-hydroxylation sites is 1. The smallest absolute Gasteiger partial charge is 0.244 e. The summed E-state index contributed by atoms with van der Waals surface area (Å²) in [6.45, 7) is 0. The number of aryl methyl sites for hydroxylation is 1. The van der Waals surface area contributed by atoms with Crippen LogP contribution in [0.25, 0.3) is 10.9 Å². The highest BCUT2D eigenvalue weighted by Crippen LogP contribution is 2.18. The molecule has 2 amide bonds. The number of pyridine rings is 1. The van der Waals surface area contributed by atoms with Gasteiger partial charge in [-0.05, 0) is 29.7 Å². The van der Waals surface area contributed by atoms with Gasteiger partial charge in [-0.3, -0.25) is 14.6 Å². The fraction of sp³-hybridized carbons (Fsp3) is 0.150. The maximum Gasteiger partial charge on any atom is 0.244 e. The number of nitrogens with one attached hydrogen (secondary N) is 1. The first-order valence-electron chi connectivity index (χ1n) is 8.11. The van der Waals surface area contributed by atoms with Crippen LogP contribution in [0.1, 0.15) is 23.6 Å². The highest BCUT2D eigenvalue weighted by atomic mass is 16.2. The van der Waals surface area contributed by atoms with E-state index in [-0.39, 0.29) is 12.3 Å². The van der Waals surface area contributed by atoms with Gasteiger partial charge in [0.05, 0.1) is 5.52 Å². The Morgan fingerprint density at radius 2 is 1.72 bits per heavy atom. The number of nitrogens with two attached hydrogens (primary N) is 1. The van der Waals surface area contributed by atoms with Crippen LogP contribution >= 0.6 is 0 Å². The van der Waals surface area contributed by atoms with Gasteiger partial charge < -0.3 is 11.1 Å². The normalized spacial score (nSPS) is 11.8. The second-order valence-electron chi connectivity index (χ2n) is 5.80. The maximum absolute atomic E-state index is 12.3. The maximum atomic E-state index is 12.3. The van der Waals surface area contributed by atoms with E-state index in [4.69, 9.17) is 5.73 Å². The molecule has 5 heteroatoms. The van der Waals surface area contributed by atoms with Crippen molar-refractivity contribution < 1.29 is 9.59 Å². The molecule has 1 aromatic heterocycles. The van der Waals surface area contributed by atoms with Crippen LogP contribution in [-0.4, -0.2) is 16.8 Å². The van der Waals surface area contributed by atoms with Gasteiger partial charge in [-0.15, -0.1) is 0 Å². The highest BCUT2D eigenvalue weighted by molar-refractivity contribution is 5.88. The number of amides is 2. The molecule has 3 aromatic rings. The molecule has 0 radical (unpaired) electrons. The van der Waals surface area contributed by atoms with E-state index >= 15 is 0 Å². The highest BCUT2D eigenvalue weighted by Gasteiger charge is 2.19. The monoisotopic (exact) mass is 333 g/mol. The minimum absolute atomic E-state index is 0.214. The number of aromatic nitrogens is 1. The Balaban J connectivity index is 1.68. The Labute approximate surface area is 145 Å². The van der Waals surface area contributed by atoms with Crippen LogP contribution in [0.15, 0.2) is 66.9 Å². The van der Waals surface area contributed by atoms with Crippen LogP contribution in [0, 0.1) is 0 Å². The predicted molar refractivity (Wildman–Crippen MR) is 96.6 cm³/mol. The summed E-state index contributed by atoms with van der Waals surface area (Å²) in [5.74, 6) is -0.789. The summed E-state index contributed by atoms with van der Waals surface area (Å²) in [6, 6.07) is 17.9. The minimum Gasteiger partial charge on any atom is -0.368 e. The molecule has 0 spiro atoms. The standard InChI is InChI=1S/C20H19N3O2/c21-20(25)19(15-6-2-1-3-7-15)23-18(24)11-10-14-12-13-22-17-9-5-4-8-16(14)17/h1-9,12-13,19H,10-11H2,(H2,21,25)(H,23,24). The molecule has 3 rings (SSSR count). The summed E-state index contributed by atoms with van der Waals surface area (Å²) in [5, 5.41) is 3.76. The Morgan fingerprint density at radius 1 is 1.00 bits per heavy atom. The molecule has 1 unspecified atom stereocenters. The van der Waals surface area contributed by atoms with Crippen molar-refractivity contribution >= 4 is 22.7 Å². The number of primary amides is 1. The fourth-order valence-electron chi connectivity index (χ4n) is 2.82. The van der Waals surface area contributed by atoms with Crippen LogP contribution < -0.4 is 11.1 Å². The van der Waals surface area contributed by atoms with E-state index < -0.39 is 11.9 Å². The van der Waals surface area contributed by atoms with Gasteiger partial charge >= 0.3 is 0 Å². The zero-order valence-electron chi connectivity index (χ0n) is 13.7. The molecule has 126 valence electrons. The number of rotatable bonds is 6. The van der Waals surface area contributed by atoms with Crippen LogP contribution in [0.4, 0.5) is 0 Å². The number of carbonyl (C=O) groups is 2. The van der Waals surface area contributed by atoms with E-state index in [0.717, 1.165) is 16.5 Å². The third-order valence-corrected chi connectivity index (χ3v) is 4.08. The minimum atomic E-state index is -0.817. The summed E-state index contributed by atoms with van der Waals surface area (Å²) in [4.78, 5) is 28.3. The first-order chi connectivity index (χ1) is 12.1. The predicted octanol–water partition coefficient (Wildman–Crippen LogP) is 2.51. The lowest BCUT2D eigenvalue weighted by Crippen LogP contribution is -2.37. The van der Waals surface area contributed by atoms with E-state index in [2.05, 4.69) is 10.3 Å². The van der Waals surface area contributed by atoms with Crippen molar-refractivity contribution in [2.45, 2.75) is 18.9 Å². The first kappa shape index (κ1) is 16.6. The molecule has 0 saturated carbocycles. The summed E-state index contributed by atoms with van der Waals surface area (Å²) < 4.78 is 0.